The lowest BCUT2D eigenvalue weighted by Crippen LogP contribution is -2.28. The van der Waals surface area contributed by atoms with Crippen molar-refractivity contribution >= 4 is 17.2 Å². The molecule has 2 aromatic carbocycles. The molecule has 3 rings (SSSR count). The van der Waals surface area contributed by atoms with Gasteiger partial charge in [-0.05, 0) is 43.0 Å². The van der Waals surface area contributed by atoms with Gasteiger partial charge in [-0.2, -0.15) is 0 Å². The Bertz CT molecular complexity index is 774. The third kappa shape index (κ3) is 3.69. The van der Waals surface area contributed by atoms with E-state index in [-0.39, 0.29) is 11.9 Å². The quantitative estimate of drug-likeness (QED) is 0.728. The fraction of sp³-hybridized carbons (Fsp3) is 0.150. The van der Waals surface area contributed by atoms with Gasteiger partial charge in [0.1, 0.15) is 0 Å². The lowest BCUT2D eigenvalue weighted by molar-refractivity contribution is 0.0943. The van der Waals surface area contributed by atoms with Gasteiger partial charge in [0.25, 0.3) is 5.91 Å². The van der Waals surface area contributed by atoms with E-state index in [0.717, 1.165) is 21.6 Å². The minimum Gasteiger partial charge on any atom is -0.340 e. The fourth-order valence-electron chi connectivity index (χ4n) is 2.74. The Morgan fingerprint density at radius 1 is 0.957 bits per heavy atom. The van der Waals surface area contributed by atoms with Crippen LogP contribution in [-0.4, -0.2) is 5.91 Å². The van der Waals surface area contributed by atoms with E-state index < -0.39 is 0 Å². The van der Waals surface area contributed by atoms with Crippen LogP contribution in [0.1, 0.15) is 38.0 Å². The third-order valence-electron chi connectivity index (χ3n) is 3.72. The van der Waals surface area contributed by atoms with E-state index in [1.54, 1.807) is 11.3 Å². The molecule has 0 aliphatic heterocycles. The van der Waals surface area contributed by atoms with Gasteiger partial charge in [0.2, 0.25) is 0 Å². The number of amides is 1. The number of carbonyl (C=O) groups excluding carboxylic acids is 1. The Labute approximate surface area is 140 Å². The van der Waals surface area contributed by atoms with Gasteiger partial charge in [-0.15, -0.1) is 11.3 Å². The minimum atomic E-state index is -0.121. The molecule has 0 radical (unpaired) electrons. The molecule has 1 aromatic heterocycles. The molecule has 1 atom stereocenters. The Kier molecular flexibility index (Phi) is 4.58. The van der Waals surface area contributed by atoms with Gasteiger partial charge in [-0.25, -0.2) is 0 Å². The molecule has 3 aromatic rings. The van der Waals surface area contributed by atoms with Crippen LogP contribution in [0.2, 0.25) is 0 Å². The van der Waals surface area contributed by atoms with E-state index in [1.165, 1.54) is 0 Å². The van der Waals surface area contributed by atoms with Gasteiger partial charge in [0.05, 0.1) is 6.04 Å². The molecule has 0 unspecified atom stereocenters. The van der Waals surface area contributed by atoms with Crippen LogP contribution in [0, 0.1) is 13.8 Å². The highest BCUT2D eigenvalue weighted by atomic mass is 32.1. The van der Waals surface area contributed by atoms with E-state index in [0.29, 0.717) is 5.56 Å². The smallest absolute Gasteiger partial charge is 0.252 e. The number of nitrogens with one attached hydrogen (secondary N) is 1. The van der Waals surface area contributed by atoms with Crippen molar-refractivity contribution in [3.63, 3.8) is 0 Å². The predicted octanol–water partition coefficient (Wildman–Crippen LogP) is 4.88. The van der Waals surface area contributed by atoms with E-state index in [9.17, 15) is 4.79 Å². The minimum absolute atomic E-state index is 0.0425. The molecule has 23 heavy (non-hydrogen) atoms. The number of hydrogen-bond acceptors (Lipinski definition) is 2. The fourth-order valence-corrected chi connectivity index (χ4v) is 3.54. The van der Waals surface area contributed by atoms with E-state index in [2.05, 4.69) is 17.4 Å². The van der Waals surface area contributed by atoms with Gasteiger partial charge >= 0.3 is 0 Å². The standard InChI is InChI=1S/C20H19NOS/c1-14-11-15(2)13-17(12-14)20(22)21-19(18-9-6-10-23-18)16-7-4-3-5-8-16/h3-13,19H,1-2H3,(H,21,22)/t19-/m0/s1. The summed E-state index contributed by atoms with van der Waals surface area (Å²) in [5.74, 6) is -0.0425. The monoisotopic (exact) mass is 321 g/mol. The maximum absolute atomic E-state index is 12.7. The molecular formula is C20H19NOS. The number of rotatable bonds is 4. The molecule has 1 heterocycles. The van der Waals surface area contributed by atoms with Crippen molar-refractivity contribution in [1.29, 1.82) is 0 Å². The second-order valence-electron chi connectivity index (χ2n) is 5.71. The zero-order chi connectivity index (χ0) is 16.2. The molecule has 0 bridgehead atoms. The average molecular weight is 321 g/mol. The van der Waals surface area contributed by atoms with Gasteiger partial charge in [0, 0.05) is 10.4 Å². The lowest BCUT2D eigenvalue weighted by atomic mass is 10.0. The largest absolute Gasteiger partial charge is 0.340 e. The molecule has 0 saturated carbocycles. The average Bonchev–Trinajstić information content (AvgIpc) is 3.06. The maximum atomic E-state index is 12.7. The molecule has 2 nitrogen and oxygen atoms in total. The summed E-state index contributed by atoms with van der Waals surface area (Å²) in [6.07, 6.45) is 0. The van der Waals surface area contributed by atoms with Crippen molar-refractivity contribution in [1.82, 2.24) is 5.32 Å². The summed E-state index contributed by atoms with van der Waals surface area (Å²) in [4.78, 5) is 13.9. The summed E-state index contributed by atoms with van der Waals surface area (Å²) in [7, 11) is 0. The van der Waals surface area contributed by atoms with Crippen LogP contribution in [0.15, 0.2) is 66.0 Å². The van der Waals surface area contributed by atoms with Crippen LogP contribution in [0.4, 0.5) is 0 Å². The Balaban J connectivity index is 1.91. The van der Waals surface area contributed by atoms with Crippen molar-refractivity contribution in [3.05, 3.63) is 93.2 Å². The van der Waals surface area contributed by atoms with Crippen LogP contribution >= 0.6 is 11.3 Å². The zero-order valence-corrected chi connectivity index (χ0v) is 14.1. The van der Waals surface area contributed by atoms with Gasteiger partial charge < -0.3 is 5.32 Å². The van der Waals surface area contributed by atoms with Gasteiger partial charge in [-0.1, -0.05) is 53.6 Å². The third-order valence-corrected chi connectivity index (χ3v) is 4.66. The first-order chi connectivity index (χ1) is 11.1. The molecular weight excluding hydrogens is 302 g/mol. The van der Waals surface area contributed by atoms with E-state index in [4.69, 9.17) is 0 Å². The summed E-state index contributed by atoms with van der Waals surface area (Å²) < 4.78 is 0. The van der Waals surface area contributed by atoms with Crippen LogP contribution < -0.4 is 5.32 Å². The van der Waals surface area contributed by atoms with Gasteiger partial charge in [0.15, 0.2) is 0 Å². The summed E-state index contributed by atoms with van der Waals surface area (Å²) in [5.41, 5.74) is 4.00. The lowest BCUT2D eigenvalue weighted by Gasteiger charge is -2.18. The van der Waals surface area contributed by atoms with Crippen molar-refractivity contribution in [3.8, 4) is 0 Å². The second kappa shape index (κ2) is 6.80. The topological polar surface area (TPSA) is 29.1 Å². The second-order valence-corrected chi connectivity index (χ2v) is 6.69. The van der Waals surface area contributed by atoms with Crippen molar-refractivity contribution in [2.24, 2.45) is 0 Å². The normalized spacial score (nSPS) is 11.9. The molecule has 0 saturated heterocycles. The number of hydrogen-bond donors (Lipinski definition) is 1. The van der Waals surface area contributed by atoms with Crippen LogP contribution in [0.25, 0.3) is 0 Å². The molecule has 0 spiro atoms. The van der Waals surface area contributed by atoms with Crippen molar-refractivity contribution < 1.29 is 4.79 Å². The molecule has 0 aliphatic rings. The molecule has 116 valence electrons. The number of thiophene rings is 1. The zero-order valence-electron chi connectivity index (χ0n) is 13.2. The highest BCUT2D eigenvalue weighted by Crippen LogP contribution is 2.26. The summed E-state index contributed by atoms with van der Waals surface area (Å²) in [5, 5.41) is 5.21. The maximum Gasteiger partial charge on any atom is 0.252 e. The first-order valence-corrected chi connectivity index (χ1v) is 8.49. The summed E-state index contributed by atoms with van der Waals surface area (Å²) in [6.45, 7) is 4.02. The molecule has 3 heteroatoms. The molecule has 1 N–H and O–H groups in total. The molecule has 1 amide bonds. The highest BCUT2D eigenvalue weighted by Gasteiger charge is 2.18. The van der Waals surface area contributed by atoms with Crippen LogP contribution in [0.5, 0.6) is 0 Å². The predicted molar refractivity (Wildman–Crippen MR) is 96.0 cm³/mol. The van der Waals surface area contributed by atoms with Crippen LogP contribution in [-0.2, 0) is 0 Å². The highest BCUT2D eigenvalue weighted by molar-refractivity contribution is 7.10. The molecule has 0 fully saturated rings. The van der Waals surface area contributed by atoms with Crippen molar-refractivity contribution in [2.75, 3.05) is 0 Å². The Morgan fingerprint density at radius 2 is 1.65 bits per heavy atom. The first kappa shape index (κ1) is 15.5. The Morgan fingerprint density at radius 3 is 2.26 bits per heavy atom. The SMILES string of the molecule is Cc1cc(C)cc(C(=O)N[C@@H](c2ccccc2)c2cccs2)c1. The van der Waals surface area contributed by atoms with Gasteiger partial charge in [-0.3, -0.25) is 4.79 Å². The summed E-state index contributed by atoms with van der Waals surface area (Å²) >= 11 is 1.65. The number of benzene rings is 2. The van der Waals surface area contributed by atoms with E-state index in [1.807, 2.05) is 67.8 Å². The number of carbonyl (C=O) groups is 1. The summed E-state index contributed by atoms with van der Waals surface area (Å²) in [6, 6.07) is 20.0. The van der Waals surface area contributed by atoms with E-state index >= 15 is 0 Å². The van der Waals surface area contributed by atoms with Crippen molar-refractivity contribution in [2.45, 2.75) is 19.9 Å². The first-order valence-electron chi connectivity index (χ1n) is 7.61. The molecule has 0 aliphatic carbocycles. The van der Waals surface area contributed by atoms with Crippen LogP contribution in [0.3, 0.4) is 0 Å². The number of aryl methyl sites for hydroxylation is 2. The Hall–Kier alpha value is -2.39.